The Labute approximate surface area is 145 Å². The molecule has 1 atom stereocenters. The first-order valence-corrected chi connectivity index (χ1v) is 8.89. The molecule has 5 rings (SSSR count). The number of hydrogen-bond acceptors (Lipinski definition) is 4. The maximum atomic E-state index is 13.0. The van der Waals surface area contributed by atoms with E-state index in [1.807, 2.05) is 33.7 Å². The third kappa shape index (κ3) is 2.27. The lowest BCUT2D eigenvalue weighted by Gasteiger charge is -2.22. The van der Waals surface area contributed by atoms with E-state index < -0.39 is 0 Å². The molecule has 3 aliphatic rings. The standard InChI is InChI=1S/C19H19N3O3/c23-18-13-4-1-2-5-14(13)22-11-20-16(19(24)25-10-12-7-8-12)17(22)15-6-3-9-21(15)18/h1-2,4-5,11-12,15H,3,6-10H2/t15-/m0/s1. The first-order valence-electron chi connectivity index (χ1n) is 8.89. The van der Waals surface area contributed by atoms with E-state index in [0.29, 0.717) is 30.3 Å². The molecule has 6 heteroatoms. The molecule has 1 amide bonds. The quantitative estimate of drug-likeness (QED) is 0.808. The van der Waals surface area contributed by atoms with Crippen molar-refractivity contribution < 1.29 is 14.3 Å². The van der Waals surface area contributed by atoms with Crippen molar-refractivity contribution in [3.8, 4) is 5.69 Å². The molecular formula is C19H19N3O3. The van der Waals surface area contributed by atoms with Gasteiger partial charge in [-0.05, 0) is 43.7 Å². The number of ether oxygens (including phenoxy) is 1. The number of aromatic nitrogens is 2. The molecule has 2 aromatic rings. The van der Waals surface area contributed by atoms with E-state index in [1.165, 1.54) is 0 Å². The van der Waals surface area contributed by atoms with Crippen LogP contribution in [0.1, 0.15) is 58.3 Å². The predicted molar refractivity (Wildman–Crippen MR) is 89.6 cm³/mol. The van der Waals surface area contributed by atoms with Gasteiger partial charge in [0, 0.05) is 6.54 Å². The first kappa shape index (κ1) is 14.7. The number of esters is 1. The molecule has 1 aromatic heterocycles. The molecule has 2 fully saturated rings. The van der Waals surface area contributed by atoms with Crippen LogP contribution in [-0.4, -0.2) is 39.5 Å². The van der Waals surface area contributed by atoms with Gasteiger partial charge in [-0.25, -0.2) is 9.78 Å². The van der Waals surface area contributed by atoms with Crippen LogP contribution in [0, 0.1) is 5.92 Å². The molecule has 1 saturated carbocycles. The van der Waals surface area contributed by atoms with Gasteiger partial charge in [-0.1, -0.05) is 12.1 Å². The molecule has 3 heterocycles. The highest BCUT2D eigenvalue weighted by Crippen LogP contribution is 2.40. The highest BCUT2D eigenvalue weighted by Gasteiger charge is 2.40. The third-order valence-corrected chi connectivity index (χ3v) is 5.37. The van der Waals surface area contributed by atoms with Crippen LogP contribution < -0.4 is 0 Å². The minimum absolute atomic E-state index is 0.0269. The number of amides is 1. The number of benzene rings is 1. The van der Waals surface area contributed by atoms with Crippen LogP contribution in [0.2, 0.25) is 0 Å². The van der Waals surface area contributed by atoms with E-state index >= 15 is 0 Å². The summed E-state index contributed by atoms with van der Waals surface area (Å²) in [5, 5.41) is 0. The first-order chi connectivity index (χ1) is 12.2. The van der Waals surface area contributed by atoms with Crippen LogP contribution in [0.5, 0.6) is 0 Å². The number of carbonyl (C=O) groups excluding carboxylic acids is 2. The van der Waals surface area contributed by atoms with E-state index in [1.54, 1.807) is 6.33 Å². The summed E-state index contributed by atoms with van der Waals surface area (Å²) in [6, 6.07) is 7.39. The topological polar surface area (TPSA) is 64.4 Å². The number of para-hydroxylation sites is 1. The van der Waals surface area contributed by atoms with Gasteiger partial charge in [0.05, 0.1) is 29.6 Å². The van der Waals surface area contributed by atoms with Crippen LogP contribution in [0.25, 0.3) is 5.69 Å². The minimum Gasteiger partial charge on any atom is -0.461 e. The van der Waals surface area contributed by atoms with Crippen molar-refractivity contribution in [3.05, 3.63) is 47.5 Å². The van der Waals surface area contributed by atoms with Crippen molar-refractivity contribution in [2.75, 3.05) is 13.2 Å². The van der Waals surface area contributed by atoms with Gasteiger partial charge in [-0.15, -0.1) is 0 Å². The highest BCUT2D eigenvalue weighted by molar-refractivity contribution is 5.99. The molecule has 128 valence electrons. The summed E-state index contributed by atoms with van der Waals surface area (Å²) in [7, 11) is 0. The van der Waals surface area contributed by atoms with Crippen LogP contribution >= 0.6 is 0 Å². The lowest BCUT2D eigenvalue weighted by atomic mass is 10.1. The van der Waals surface area contributed by atoms with E-state index in [0.717, 1.165) is 37.1 Å². The molecule has 0 radical (unpaired) electrons. The molecule has 1 saturated heterocycles. The van der Waals surface area contributed by atoms with E-state index in [2.05, 4.69) is 4.98 Å². The molecule has 0 spiro atoms. The molecule has 0 N–H and O–H groups in total. The summed E-state index contributed by atoms with van der Waals surface area (Å²) in [5.41, 5.74) is 2.58. The molecule has 25 heavy (non-hydrogen) atoms. The fraction of sp³-hybridized carbons (Fsp3) is 0.421. The number of hydrogen-bond donors (Lipinski definition) is 0. The van der Waals surface area contributed by atoms with Crippen molar-refractivity contribution in [3.63, 3.8) is 0 Å². The van der Waals surface area contributed by atoms with Gasteiger partial charge in [-0.3, -0.25) is 9.36 Å². The van der Waals surface area contributed by atoms with Gasteiger partial charge in [0.2, 0.25) is 0 Å². The molecule has 0 unspecified atom stereocenters. The van der Waals surface area contributed by atoms with Crippen molar-refractivity contribution in [2.24, 2.45) is 5.92 Å². The van der Waals surface area contributed by atoms with Crippen LogP contribution in [0.15, 0.2) is 30.6 Å². The Balaban J connectivity index is 1.62. The Kier molecular flexibility index (Phi) is 3.20. The second kappa shape index (κ2) is 5.44. The van der Waals surface area contributed by atoms with Crippen LogP contribution in [-0.2, 0) is 4.74 Å². The Morgan fingerprint density at radius 2 is 2.08 bits per heavy atom. The fourth-order valence-corrected chi connectivity index (χ4v) is 3.89. The smallest absolute Gasteiger partial charge is 0.358 e. The van der Waals surface area contributed by atoms with Gasteiger partial charge in [0.25, 0.3) is 5.91 Å². The summed E-state index contributed by atoms with van der Waals surface area (Å²) in [6.45, 7) is 1.18. The highest BCUT2D eigenvalue weighted by atomic mass is 16.5. The average molecular weight is 337 g/mol. The largest absolute Gasteiger partial charge is 0.461 e. The van der Waals surface area contributed by atoms with E-state index in [4.69, 9.17) is 4.74 Å². The Morgan fingerprint density at radius 1 is 1.24 bits per heavy atom. The van der Waals surface area contributed by atoms with Crippen LogP contribution in [0.4, 0.5) is 0 Å². The zero-order valence-corrected chi connectivity index (χ0v) is 13.9. The molecule has 6 nitrogen and oxygen atoms in total. The van der Waals surface area contributed by atoms with Crippen molar-refractivity contribution in [1.29, 1.82) is 0 Å². The second-order valence-corrected chi connectivity index (χ2v) is 7.06. The summed E-state index contributed by atoms with van der Waals surface area (Å²) < 4.78 is 7.36. The van der Waals surface area contributed by atoms with Gasteiger partial charge < -0.3 is 9.64 Å². The molecule has 0 bridgehead atoms. The number of imidazole rings is 1. The third-order valence-electron chi connectivity index (χ3n) is 5.37. The van der Waals surface area contributed by atoms with Gasteiger partial charge >= 0.3 is 5.97 Å². The van der Waals surface area contributed by atoms with Gasteiger partial charge in [0.1, 0.15) is 6.33 Å². The fourth-order valence-electron chi connectivity index (χ4n) is 3.89. The summed E-state index contributed by atoms with van der Waals surface area (Å²) >= 11 is 0. The zero-order valence-electron chi connectivity index (χ0n) is 13.9. The number of rotatable bonds is 3. The maximum absolute atomic E-state index is 13.0. The second-order valence-electron chi connectivity index (χ2n) is 7.06. The monoisotopic (exact) mass is 337 g/mol. The van der Waals surface area contributed by atoms with Crippen molar-refractivity contribution in [2.45, 2.75) is 31.7 Å². The Bertz CT molecular complexity index is 869. The Morgan fingerprint density at radius 3 is 2.92 bits per heavy atom. The van der Waals surface area contributed by atoms with E-state index in [-0.39, 0.29) is 17.9 Å². The maximum Gasteiger partial charge on any atom is 0.358 e. The van der Waals surface area contributed by atoms with Gasteiger partial charge in [-0.2, -0.15) is 0 Å². The predicted octanol–water partition coefficient (Wildman–Crippen LogP) is 2.73. The molecular weight excluding hydrogens is 318 g/mol. The SMILES string of the molecule is O=C(OCC1CC1)c1ncn2c1[C@@H]1CCCN1C(=O)c1ccccc1-2. The average Bonchev–Trinajstić information content (AvgIpc) is 3.18. The summed E-state index contributed by atoms with van der Waals surface area (Å²) in [6.07, 6.45) is 5.69. The number of fused-ring (bicyclic) bond motifs is 5. The van der Waals surface area contributed by atoms with E-state index in [9.17, 15) is 9.59 Å². The van der Waals surface area contributed by atoms with Crippen LogP contribution in [0.3, 0.4) is 0 Å². The van der Waals surface area contributed by atoms with Gasteiger partial charge in [0.15, 0.2) is 5.69 Å². The van der Waals surface area contributed by atoms with Crippen molar-refractivity contribution >= 4 is 11.9 Å². The molecule has 1 aliphatic carbocycles. The summed E-state index contributed by atoms with van der Waals surface area (Å²) in [4.78, 5) is 31.8. The summed E-state index contributed by atoms with van der Waals surface area (Å²) in [5.74, 6) is 0.161. The normalized spacial score (nSPS) is 21.4. The number of carbonyl (C=O) groups is 2. The lowest BCUT2D eigenvalue weighted by Crippen LogP contribution is -2.30. The zero-order chi connectivity index (χ0) is 17.0. The lowest BCUT2D eigenvalue weighted by molar-refractivity contribution is 0.0473. The molecule has 1 aromatic carbocycles. The number of nitrogens with zero attached hydrogens (tertiary/aromatic N) is 3. The minimum atomic E-state index is -0.376. The Hall–Kier alpha value is -2.63. The van der Waals surface area contributed by atoms with Crippen molar-refractivity contribution in [1.82, 2.24) is 14.5 Å². The molecule has 2 aliphatic heterocycles.